The summed E-state index contributed by atoms with van der Waals surface area (Å²) in [6, 6.07) is 0. The second-order valence-electron chi connectivity index (χ2n) is 7.81. The Labute approximate surface area is 173 Å². The molecule has 1 aliphatic carbocycles. The Bertz CT molecular complexity index is 365. The van der Waals surface area contributed by atoms with Crippen molar-refractivity contribution < 1.29 is 0 Å². The Morgan fingerprint density at radius 2 is 1.33 bits per heavy atom. The highest BCUT2D eigenvalue weighted by molar-refractivity contribution is 5.34. The maximum Gasteiger partial charge on any atom is -0.0160 e. The summed E-state index contributed by atoms with van der Waals surface area (Å²) in [5.41, 5.74) is 3.09. The second kappa shape index (κ2) is 23.3. The van der Waals surface area contributed by atoms with Gasteiger partial charge in [0.1, 0.15) is 0 Å². The average molecular weight is 377 g/mol. The van der Waals surface area contributed by atoms with Gasteiger partial charge in [-0.25, -0.2) is 0 Å². The molecular weight excluding hydrogens is 324 g/mol. The van der Waals surface area contributed by atoms with Crippen LogP contribution in [0.5, 0.6) is 0 Å². The van der Waals surface area contributed by atoms with E-state index in [1.54, 1.807) is 5.57 Å². The highest BCUT2D eigenvalue weighted by Gasteiger charge is 2.12. The van der Waals surface area contributed by atoms with Crippen molar-refractivity contribution in [3.05, 3.63) is 35.5 Å². The molecule has 0 spiro atoms. The zero-order chi connectivity index (χ0) is 20.8. The summed E-state index contributed by atoms with van der Waals surface area (Å²) >= 11 is 0. The molecule has 0 saturated heterocycles. The molecule has 0 aromatic heterocycles. The molecule has 1 aliphatic rings. The van der Waals surface area contributed by atoms with Gasteiger partial charge in [-0.15, -0.1) is 0 Å². The van der Waals surface area contributed by atoms with Crippen LogP contribution in [-0.2, 0) is 0 Å². The first kappa shape index (κ1) is 28.4. The van der Waals surface area contributed by atoms with Crippen molar-refractivity contribution in [2.45, 2.75) is 132 Å². The van der Waals surface area contributed by atoms with E-state index in [1.165, 1.54) is 76.2 Å². The standard InChI is InChI=1S/C17H28.C7H16.C3H8/c1-4-7-12-16(10-5-2)17-13-9-8-11-15(6-3)14-17;1-3-5-7-6-4-2;1-3-2/h8,11,13-14,16H,4-7,9-10,12H2,1-3H3;3-7H2,1-2H3;3H2,1-2H3. The monoisotopic (exact) mass is 376 g/mol. The van der Waals surface area contributed by atoms with E-state index >= 15 is 0 Å². The lowest BCUT2D eigenvalue weighted by molar-refractivity contribution is 0.495. The molecule has 1 atom stereocenters. The summed E-state index contributed by atoms with van der Waals surface area (Å²) in [7, 11) is 0. The van der Waals surface area contributed by atoms with Gasteiger partial charge in [0, 0.05) is 0 Å². The highest BCUT2D eigenvalue weighted by atomic mass is 14.2. The molecule has 0 aromatic carbocycles. The lowest BCUT2D eigenvalue weighted by Gasteiger charge is -2.18. The van der Waals surface area contributed by atoms with Gasteiger partial charge in [-0.05, 0) is 42.7 Å². The summed E-state index contributed by atoms with van der Waals surface area (Å²) in [6.07, 6.45) is 26.7. The van der Waals surface area contributed by atoms with E-state index in [0.717, 1.165) is 18.8 Å². The van der Waals surface area contributed by atoms with E-state index in [2.05, 4.69) is 72.8 Å². The predicted molar refractivity (Wildman–Crippen MR) is 129 cm³/mol. The quantitative estimate of drug-likeness (QED) is 0.314. The Balaban J connectivity index is 0. The van der Waals surface area contributed by atoms with Crippen molar-refractivity contribution >= 4 is 0 Å². The molecule has 0 aliphatic heterocycles. The van der Waals surface area contributed by atoms with E-state index in [-0.39, 0.29) is 0 Å². The van der Waals surface area contributed by atoms with E-state index in [9.17, 15) is 0 Å². The van der Waals surface area contributed by atoms with Crippen LogP contribution in [0.2, 0.25) is 0 Å². The van der Waals surface area contributed by atoms with Crippen LogP contribution < -0.4 is 0 Å². The van der Waals surface area contributed by atoms with Crippen LogP contribution >= 0.6 is 0 Å². The summed E-state index contributed by atoms with van der Waals surface area (Å²) in [6.45, 7) is 15.6. The number of rotatable bonds is 11. The van der Waals surface area contributed by atoms with Crippen molar-refractivity contribution in [2.24, 2.45) is 5.92 Å². The van der Waals surface area contributed by atoms with Crippen LogP contribution in [-0.4, -0.2) is 0 Å². The lowest BCUT2D eigenvalue weighted by atomic mass is 9.88. The van der Waals surface area contributed by atoms with E-state index < -0.39 is 0 Å². The molecule has 0 fully saturated rings. The van der Waals surface area contributed by atoms with Gasteiger partial charge in [-0.3, -0.25) is 0 Å². The number of hydrogen-bond acceptors (Lipinski definition) is 0. The molecule has 1 rings (SSSR count). The van der Waals surface area contributed by atoms with Gasteiger partial charge < -0.3 is 0 Å². The zero-order valence-corrected chi connectivity index (χ0v) is 20.1. The van der Waals surface area contributed by atoms with Gasteiger partial charge in [0.05, 0.1) is 0 Å². The Hall–Kier alpha value is -0.780. The molecule has 0 heteroatoms. The molecule has 27 heavy (non-hydrogen) atoms. The predicted octanol–water partition coefficient (Wildman–Crippen LogP) is 10.2. The molecule has 0 bridgehead atoms. The number of unbranched alkanes of at least 4 members (excludes halogenated alkanes) is 5. The van der Waals surface area contributed by atoms with Gasteiger partial charge in [0.2, 0.25) is 0 Å². The topological polar surface area (TPSA) is 0 Å². The fourth-order valence-electron chi connectivity index (χ4n) is 3.20. The Morgan fingerprint density at radius 3 is 1.81 bits per heavy atom. The lowest BCUT2D eigenvalue weighted by Crippen LogP contribution is -2.03. The minimum Gasteiger partial charge on any atom is -0.0805 e. The molecular formula is C27H52. The molecule has 0 nitrogen and oxygen atoms in total. The van der Waals surface area contributed by atoms with Crippen LogP contribution in [0, 0.1) is 5.92 Å². The van der Waals surface area contributed by atoms with Crippen molar-refractivity contribution in [3.8, 4) is 0 Å². The van der Waals surface area contributed by atoms with Crippen molar-refractivity contribution in [1.82, 2.24) is 0 Å². The summed E-state index contributed by atoms with van der Waals surface area (Å²) in [5, 5.41) is 0. The van der Waals surface area contributed by atoms with Crippen LogP contribution in [0.15, 0.2) is 35.5 Å². The molecule has 160 valence electrons. The third-order valence-corrected chi connectivity index (χ3v) is 4.80. The number of allylic oxidation sites excluding steroid dienone is 6. The highest BCUT2D eigenvalue weighted by Crippen LogP contribution is 2.28. The maximum absolute atomic E-state index is 2.44. The van der Waals surface area contributed by atoms with Crippen LogP contribution in [0.3, 0.4) is 0 Å². The van der Waals surface area contributed by atoms with E-state index in [1.807, 2.05) is 0 Å². The van der Waals surface area contributed by atoms with Gasteiger partial charge in [-0.2, -0.15) is 0 Å². The zero-order valence-electron chi connectivity index (χ0n) is 20.1. The normalized spacial score (nSPS) is 14.0. The third-order valence-electron chi connectivity index (χ3n) is 4.80. The Morgan fingerprint density at radius 1 is 0.741 bits per heavy atom. The molecule has 0 aromatic rings. The third kappa shape index (κ3) is 18.4. The largest absolute Gasteiger partial charge is 0.0805 e. The summed E-state index contributed by atoms with van der Waals surface area (Å²) in [4.78, 5) is 0. The molecule has 0 N–H and O–H groups in total. The van der Waals surface area contributed by atoms with Crippen LogP contribution in [0.1, 0.15) is 132 Å². The van der Waals surface area contributed by atoms with Crippen LogP contribution in [0.4, 0.5) is 0 Å². The SMILES string of the molecule is CCC.CCCCC(CCC)C1=CCC=CC(CC)=C1.CCCCCCC. The summed E-state index contributed by atoms with van der Waals surface area (Å²) < 4.78 is 0. The van der Waals surface area contributed by atoms with Crippen LogP contribution in [0.25, 0.3) is 0 Å². The minimum absolute atomic E-state index is 0.793. The average Bonchev–Trinajstić information content (AvgIpc) is 2.92. The number of hydrogen-bond donors (Lipinski definition) is 0. The first-order chi connectivity index (χ1) is 13.1. The molecule has 0 saturated carbocycles. The molecule has 1 unspecified atom stereocenters. The smallest absolute Gasteiger partial charge is 0.0160 e. The minimum atomic E-state index is 0.793. The van der Waals surface area contributed by atoms with Crippen molar-refractivity contribution in [3.63, 3.8) is 0 Å². The van der Waals surface area contributed by atoms with Gasteiger partial charge in [0.25, 0.3) is 0 Å². The summed E-state index contributed by atoms with van der Waals surface area (Å²) in [5.74, 6) is 0.793. The molecule has 0 radical (unpaired) electrons. The first-order valence-corrected chi connectivity index (χ1v) is 12.2. The van der Waals surface area contributed by atoms with Crippen molar-refractivity contribution in [2.75, 3.05) is 0 Å². The second-order valence-corrected chi connectivity index (χ2v) is 7.81. The van der Waals surface area contributed by atoms with E-state index in [4.69, 9.17) is 0 Å². The fourth-order valence-corrected chi connectivity index (χ4v) is 3.20. The van der Waals surface area contributed by atoms with Gasteiger partial charge >= 0.3 is 0 Å². The fraction of sp³-hybridized carbons (Fsp3) is 0.778. The van der Waals surface area contributed by atoms with E-state index in [0.29, 0.717) is 0 Å². The maximum atomic E-state index is 2.44. The van der Waals surface area contributed by atoms with Gasteiger partial charge in [-0.1, -0.05) is 131 Å². The Kier molecular flexibility index (Phi) is 24.5. The van der Waals surface area contributed by atoms with Gasteiger partial charge in [0.15, 0.2) is 0 Å². The molecule has 0 heterocycles. The first-order valence-electron chi connectivity index (χ1n) is 12.2. The molecule has 0 amide bonds. The van der Waals surface area contributed by atoms with Crippen molar-refractivity contribution in [1.29, 1.82) is 0 Å².